The highest BCUT2D eigenvalue weighted by molar-refractivity contribution is 5.78. The quantitative estimate of drug-likeness (QED) is 0.488. The molecule has 1 amide bonds. The Bertz CT molecular complexity index is 1050. The lowest BCUT2D eigenvalue weighted by Gasteiger charge is -2.30. The number of likely N-dealkylation sites (tertiary alicyclic amines) is 1. The van der Waals surface area contributed by atoms with Gasteiger partial charge in [0.25, 0.3) is 0 Å². The van der Waals surface area contributed by atoms with Gasteiger partial charge in [0, 0.05) is 19.6 Å². The van der Waals surface area contributed by atoms with Crippen molar-refractivity contribution in [1.29, 1.82) is 0 Å². The van der Waals surface area contributed by atoms with Gasteiger partial charge >= 0.3 is 0 Å². The molecule has 6 nitrogen and oxygen atoms in total. The number of hydrogen-bond acceptors (Lipinski definition) is 5. The van der Waals surface area contributed by atoms with Crippen molar-refractivity contribution in [2.24, 2.45) is 5.92 Å². The van der Waals surface area contributed by atoms with E-state index < -0.39 is 0 Å². The number of hydrogen-bond donors (Lipinski definition) is 1. The normalized spacial score (nSPS) is 16.4. The van der Waals surface area contributed by atoms with Crippen LogP contribution in [-0.4, -0.2) is 29.1 Å². The van der Waals surface area contributed by atoms with Crippen LogP contribution in [0.3, 0.4) is 0 Å². The molecule has 6 heteroatoms. The van der Waals surface area contributed by atoms with E-state index in [9.17, 15) is 4.79 Å². The molecule has 1 aromatic heterocycles. The number of aryl methyl sites for hydroxylation is 2. The van der Waals surface area contributed by atoms with Crippen LogP contribution in [0.15, 0.2) is 53.1 Å². The van der Waals surface area contributed by atoms with E-state index in [1.165, 1.54) is 31.5 Å². The minimum atomic E-state index is 0.00997. The number of aromatic nitrogens is 1. The molecule has 0 saturated carbocycles. The Balaban J connectivity index is 1.20. The lowest BCUT2D eigenvalue weighted by atomic mass is 9.99. The Morgan fingerprint density at radius 3 is 2.47 bits per heavy atom. The van der Waals surface area contributed by atoms with Gasteiger partial charge in [-0.25, -0.2) is 0 Å². The molecule has 1 unspecified atom stereocenters. The number of nitrogens with zero attached hydrogens (tertiary/aromatic N) is 2. The Hall–Kier alpha value is -3.12. The minimum absolute atomic E-state index is 0.00997. The molecule has 4 rings (SSSR count). The fourth-order valence-corrected chi connectivity index (χ4v) is 4.47. The van der Waals surface area contributed by atoms with Crippen molar-refractivity contribution < 1.29 is 14.1 Å². The van der Waals surface area contributed by atoms with Gasteiger partial charge in [-0.05, 0) is 68.0 Å². The van der Waals surface area contributed by atoms with Crippen LogP contribution in [0.5, 0.6) is 5.75 Å². The van der Waals surface area contributed by atoms with Gasteiger partial charge in [-0.2, -0.15) is 0 Å². The van der Waals surface area contributed by atoms with Crippen molar-refractivity contribution in [2.45, 2.75) is 59.7 Å². The number of ether oxygens (including phenoxy) is 1. The van der Waals surface area contributed by atoms with Crippen LogP contribution in [0, 0.1) is 19.8 Å². The number of piperidine rings is 1. The van der Waals surface area contributed by atoms with Crippen LogP contribution < -0.4 is 10.1 Å². The van der Waals surface area contributed by atoms with Crippen LogP contribution in [0.1, 0.15) is 53.5 Å². The van der Waals surface area contributed by atoms with Crippen molar-refractivity contribution >= 4 is 5.91 Å². The number of amides is 1. The van der Waals surface area contributed by atoms with Crippen LogP contribution in [0.25, 0.3) is 0 Å². The molecular weight excluding hydrogens is 426 g/mol. The number of carbonyl (C=O) groups is 1. The predicted molar refractivity (Wildman–Crippen MR) is 132 cm³/mol. The van der Waals surface area contributed by atoms with E-state index in [0.29, 0.717) is 19.6 Å². The second-order valence-electron chi connectivity index (χ2n) is 9.49. The Labute approximate surface area is 202 Å². The summed E-state index contributed by atoms with van der Waals surface area (Å²) in [6.07, 6.45) is 2.98. The first-order valence-corrected chi connectivity index (χ1v) is 12.2. The second-order valence-corrected chi connectivity index (χ2v) is 9.49. The second kappa shape index (κ2) is 11.3. The third-order valence-electron chi connectivity index (χ3n) is 6.51. The summed E-state index contributed by atoms with van der Waals surface area (Å²) in [6.45, 7) is 10.5. The summed E-state index contributed by atoms with van der Waals surface area (Å²) in [7, 11) is 0. The Morgan fingerprint density at radius 1 is 1.09 bits per heavy atom. The Kier molecular flexibility index (Phi) is 8.01. The van der Waals surface area contributed by atoms with Gasteiger partial charge in [0.2, 0.25) is 5.91 Å². The van der Waals surface area contributed by atoms with Crippen LogP contribution in [0.2, 0.25) is 0 Å². The fourth-order valence-electron chi connectivity index (χ4n) is 4.47. The van der Waals surface area contributed by atoms with E-state index in [0.717, 1.165) is 46.4 Å². The summed E-state index contributed by atoms with van der Waals surface area (Å²) >= 11 is 0. The number of nitrogens with one attached hydrogen (secondary N) is 1. The maximum Gasteiger partial charge on any atom is 0.224 e. The monoisotopic (exact) mass is 461 g/mol. The first-order valence-electron chi connectivity index (χ1n) is 12.2. The highest BCUT2D eigenvalue weighted by Crippen LogP contribution is 2.19. The Morgan fingerprint density at radius 2 is 1.79 bits per heavy atom. The van der Waals surface area contributed by atoms with E-state index in [1.54, 1.807) is 0 Å². The molecule has 1 aliphatic rings. The lowest BCUT2D eigenvalue weighted by molar-refractivity contribution is -0.120. The molecule has 34 heavy (non-hydrogen) atoms. The van der Waals surface area contributed by atoms with Gasteiger partial charge in [-0.15, -0.1) is 0 Å². The van der Waals surface area contributed by atoms with Crippen molar-refractivity contribution in [3.63, 3.8) is 0 Å². The first-order chi connectivity index (χ1) is 16.5. The topological polar surface area (TPSA) is 67.6 Å². The van der Waals surface area contributed by atoms with Gasteiger partial charge < -0.3 is 14.6 Å². The minimum Gasteiger partial charge on any atom is -0.489 e. The maximum atomic E-state index is 12.4. The molecule has 1 fully saturated rings. The summed E-state index contributed by atoms with van der Waals surface area (Å²) in [5, 5.41) is 6.97. The van der Waals surface area contributed by atoms with Gasteiger partial charge in [-0.3, -0.25) is 9.69 Å². The van der Waals surface area contributed by atoms with Crippen LogP contribution in [-0.2, 0) is 30.9 Å². The molecule has 1 N–H and O–H groups in total. The van der Waals surface area contributed by atoms with Crippen LogP contribution >= 0.6 is 0 Å². The molecule has 0 radical (unpaired) electrons. The van der Waals surface area contributed by atoms with Crippen LogP contribution in [0.4, 0.5) is 0 Å². The van der Waals surface area contributed by atoms with Crippen molar-refractivity contribution in [3.05, 3.63) is 82.2 Å². The molecular formula is C28H35N3O3. The molecule has 1 aliphatic heterocycles. The highest BCUT2D eigenvalue weighted by Gasteiger charge is 2.16. The zero-order valence-electron chi connectivity index (χ0n) is 20.5. The summed E-state index contributed by atoms with van der Waals surface area (Å²) in [5.41, 5.74) is 5.22. The largest absolute Gasteiger partial charge is 0.489 e. The lowest BCUT2D eigenvalue weighted by Crippen LogP contribution is -2.33. The molecule has 2 aromatic carbocycles. The van der Waals surface area contributed by atoms with E-state index in [4.69, 9.17) is 9.26 Å². The van der Waals surface area contributed by atoms with E-state index in [1.807, 2.05) is 38.1 Å². The molecule has 0 aliphatic carbocycles. The third kappa shape index (κ3) is 6.70. The zero-order valence-corrected chi connectivity index (χ0v) is 20.5. The first kappa shape index (κ1) is 24.0. The molecule has 1 saturated heterocycles. The van der Waals surface area contributed by atoms with Gasteiger partial charge in [0.1, 0.15) is 18.1 Å². The summed E-state index contributed by atoms with van der Waals surface area (Å²) in [5.74, 6) is 2.33. The van der Waals surface area contributed by atoms with Crippen molar-refractivity contribution in [1.82, 2.24) is 15.4 Å². The highest BCUT2D eigenvalue weighted by atomic mass is 16.5. The number of benzene rings is 2. The smallest absolute Gasteiger partial charge is 0.224 e. The van der Waals surface area contributed by atoms with E-state index >= 15 is 0 Å². The molecule has 180 valence electrons. The maximum absolute atomic E-state index is 12.4. The molecule has 0 bridgehead atoms. The standard InChI is InChI=1S/C28H35N3O3/c1-20-5-4-14-31(17-20)18-25-8-6-24(7-9-25)16-29-28(32)15-23-10-12-26(13-11-23)33-19-27-21(2)30-34-22(27)3/h6-13,20H,4-5,14-19H2,1-3H3,(H,29,32). The van der Waals surface area contributed by atoms with Gasteiger partial charge in [-0.1, -0.05) is 48.5 Å². The molecule has 2 heterocycles. The SMILES string of the molecule is Cc1noc(C)c1COc1ccc(CC(=O)NCc2ccc(CN3CCCC(C)C3)cc2)cc1. The number of carbonyl (C=O) groups excluding carboxylic acids is 1. The van der Waals surface area contributed by atoms with Crippen molar-refractivity contribution in [2.75, 3.05) is 13.1 Å². The fraction of sp³-hybridized carbons (Fsp3) is 0.429. The predicted octanol–water partition coefficient (Wildman–Crippen LogP) is 4.96. The van der Waals surface area contributed by atoms with Gasteiger partial charge in [0.05, 0.1) is 17.7 Å². The molecule has 1 atom stereocenters. The zero-order chi connectivity index (χ0) is 23.9. The average Bonchev–Trinajstić information content (AvgIpc) is 3.15. The summed E-state index contributed by atoms with van der Waals surface area (Å²) in [4.78, 5) is 15.0. The average molecular weight is 462 g/mol. The molecule has 0 spiro atoms. The van der Waals surface area contributed by atoms with Crippen molar-refractivity contribution in [3.8, 4) is 5.75 Å². The summed E-state index contributed by atoms with van der Waals surface area (Å²) in [6, 6.07) is 16.2. The third-order valence-corrected chi connectivity index (χ3v) is 6.51. The van der Waals surface area contributed by atoms with Gasteiger partial charge in [0.15, 0.2) is 0 Å². The number of rotatable bonds is 9. The molecule has 3 aromatic rings. The van der Waals surface area contributed by atoms with E-state index in [-0.39, 0.29) is 5.91 Å². The summed E-state index contributed by atoms with van der Waals surface area (Å²) < 4.78 is 11.0. The van der Waals surface area contributed by atoms with E-state index in [2.05, 4.69) is 46.6 Å².